The number of ether oxygens (including phenoxy) is 2. The largest absolute Gasteiger partial charge is 0.490 e. The van der Waals surface area contributed by atoms with E-state index in [2.05, 4.69) is 42.0 Å². The minimum atomic E-state index is 0.0922. The second kappa shape index (κ2) is 9.63. The Kier molecular flexibility index (Phi) is 7.81. The Balaban J connectivity index is 2.15. The van der Waals surface area contributed by atoms with Gasteiger partial charge in [-0.1, -0.05) is 46.6 Å². The van der Waals surface area contributed by atoms with Gasteiger partial charge in [0.05, 0.1) is 6.61 Å². The van der Waals surface area contributed by atoms with Gasteiger partial charge in [0, 0.05) is 21.6 Å². The molecule has 0 aromatic heterocycles. The second-order valence-electron chi connectivity index (χ2n) is 6.83. The summed E-state index contributed by atoms with van der Waals surface area (Å²) in [5, 5.41) is 4.30. The van der Waals surface area contributed by atoms with Crippen LogP contribution in [0.3, 0.4) is 0 Å². The van der Waals surface area contributed by atoms with Gasteiger partial charge in [0.2, 0.25) is 0 Å². The Morgan fingerprint density at radius 1 is 1.04 bits per heavy atom. The van der Waals surface area contributed by atoms with Crippen molar-refractivity contribution in [2.75, 3.05) is 6.61 Å². The van der Waals surface area contributed by atoms with E-state index in [1.807, 2.05) is 43.3 Å². The van der Waals surface area contributed by atoms with Gasteiger partial charge in [-0.25, -0.2) is 0 Å². The average Bonchev–Trinajstić information content (AvgIpc) is 2.62. The quantitative estimate of drug-likeness (QED) is 0.492. The van der Waals surface area contributed by atoms with E-state index in [-0.39, 0.29) is 5.54 Å². The van der Waals surface area contributed by atoms with Crippen LogP contribution in [0.5, 0.6) is 11.5 Å². The van der Waals surface area contributed by atoms with Gasteiger partial charge in [0.15, 0.2) is 11.5 Å². The van der Waals surface area contributed by atoms with Gasteiger partial charge in [-0.15, -0.1) is 0 Å². The molecule has 0 fully saturated rings. The zero-order valence-electron chi connectivity index (χ0n) is 15.9. The third kappa shape index (κ3) is 6.19. The Morgan fingerprint density at radius 3 is 2.31 bits per heavy atom. The summed E-state index contributed by atoms with van der Waals surface area (Å²) in [6.07, 6.45) is 1.06. The van der Waals surface area contributed by atoms with Crippen molar-refractivity contribution in [1.29, 1.82) is 0 Å². The van der Waals surface area contributed by atoms with Gasteiger partial charge in [0.1, 0.15) is 6.61 Å². The number of hydrogen-bond acceptors (Lipinski definition) is 3. The summed E-state index contributed by atoms with van der Waals surface area (Å²) < 4.78 is 12.8. The van der Waals surface area contributed by atoms with Crippen LogP contribution in [-0.4, -0.2) is 12.1 Å². The van der Waals surface area contributed by atoms with Gasteiger partial charge in [-0.05, 0) is 62.6 Å². The molecule has 0 radical (unpaired) electrons. The zero-order chi connectivity index (χ0) is 19.2. The summed E-state index contributed by atoms with van der Waals surface area (Å²) in [7, 11) is 0. The number of nitrogens with one attached hydrogen (secondary N) is 1. The van der Waals surface area contributed by atoms with E-state index >= 15 is 0 Å². The van der Waals surface area contributed by atoms with Crippen molar-refractivity contribution in [3.05, 3.63) is 57.0 Å². The fraction of sp³-hybridized carbons (Fsp3) is 0.429. The molecule has 2 aromatic rings. The van der Waals surface area contributed by atoms with Crippen LogP contribution in [0.2, 0.25) is 5.02 Å². The molecule has 0 saturated heterocycles. The van der Waals surface area contributed by atoms with Crippen molar-refractivity contribution in [2.45, 2.75) is 52.8 Å². The highest BCUT2D eigenvalue weighted by Gasteiger charge is 2.16. The van der Waals surface area contributed by atoms with E-state index in [4.69, 9.17) is 21.1 Å². The first-order valence-corrected chi connectivity index (χ1v) is 10.1. The third-order valence-corrected chi connectivity index (χ3v) is 5.35. The van der Waals surface area contributed by atoms with Crippen molar-refractivity contribution in [2.24, 2.45) is 0 Å². The lowest BCUT2D eigenvalue weighted by atomic mass is 10.0. The van der Waals surface area contributed by atoms with E-state index in [1.165, 1.54) is 0 Å². The standard InChI is InChI=1S/C21H27BrClNO2/c1-5-21(3,4)24-13-16-11-19(25-6-2)20(12-18(16)22)26-14-15-7-9-17(23)10-8-15/h7-12,24H,5-6,13-14H2,1-4H3. The number of rotatable bonds is 9. The lowest BCUT2D eigenvalue weighted by Crippen LogP contribution is -2.37. The van der Waals surface area contributed by atoms with Gasteiger partial charge in [0.25, 0.3) is 0 Å². The molecule has 0 spiro atoms. The lowest BCUT2D eigenvalue weighted by Gasteiger charge is -2.25. The first kappa shape index (κ1) is 21.1. The molecule has 0 heterocycles. The fourth-order valence-corrected chi connectivity index (χ4v) is 2.88. The lowest BCUT2D eigenvalue weighted by molar-refractivity contribution is 0.268. The zero-order valence-corrected chi connectivity index (χ0v) is 18.2. The maximum absolute atomic E-state index is 6.00. The molecule has 0 aliphatic rings. The van der Waals surface area contributed by atoms with E-state index in [1.54, 1.807) is 0 Å². The average molecular weight is 441 g/mol. The maximum Gasteiger partial charge on any atom is 0.162 e. The minimum absolute atomic E-state index is 0.0922. The Labute approximate surface area is 170 Å². The SMILES string of the molecule is CCOc1cc(CNC(C)(C)CC)c(Br)cc1OCc1ccc(Cl)cc1. The number of halogens is 2. The van der Waals surface area contributed by atoms with Crippen molar-refractivity contribution < 1.29 is 9.47 Å². The monoisotopic (exact) mass is 439 g/mol. The molecule has 2 rings (SSSR count). The molecular formula is C21H27BrClNO2. The Hall–Kier alpha value is -1.23. The summed E-state index contributed by atoms with van der Waals surface area (Å²) in [6.45, 7) is 10.4. The van der Waals surface area contributed by atoms with Crippen molar-refractivity contribution >= 4 is 27.5 Å². The second-order valence-corrected chi connectivity index (χ2v) is 8.12. The van der Waals surface area contributed by atoms with Gasteiger partial charge >= 0.3 is 0 Å². The smallest absolute Gasteiger partial charge is 0.162 e. The Bertz CT molecular complexity index is 717. The molecular weight excluding hydrogens is 414 g/mol. The summed E-state index contributed by atoms with van der Waals surface area (Å²) in [5.41, 5.74) is 2.30. The molecule has 0 atom stereocenters. The highest BCUT2D eigenvalue weighted by Crippen LogP contribution is 2.34. The number of benzene rings is 2. The fourth-order valence-electron chi connectivity index (χ4n) is 2.30. The molecule has 2 aromatic carbocycles. The van der Waals surface area contributed by atoms with E-state index in [9.17, 15) is 0 Å². The normalized spacial score (nSPS) is 11.5. The molecule has 1 N–H and O–H groups in total. The first-order valence-electron chi connectivity index (χ1n) is 8.92. The summed E-state index contributed by atoms with van der Waals surface area (Å²) in [5.74, 6) is 1.49. The van der Waals surface area contributed by atoms with Gasteiger partial charge < -0.3 is 14.8 Å². The third-order valence-electron chi connectivity index (χ3n) is 4.36. The van der Waals surface area contributed by atoms with E-state index in [0.717, 1.165) is 45.1 Å². The molecule has 0 aliphatic heterocycles. The molecule has 0 unspecified atom stereocenters. The van der Waals surface area contributed by atoms with Crippen LogP contribution in [0.4, 0.5) is 0 Å². The summed E-state index contributed by atoms with van der Waals surface area (Å²) >= 11 is 9.60. The maximum atomic E-state index is 6.00. The Morgan fingerprint density at radius 2 is 1.69 bits per heavy atom. The van der Waals surface area contributed by atoms with Crippen LogP contribution in [0, 0.1) is 0 Å². The van der Waals surface area contributed by atoms with Crippen LogP contribution in [0.1, 0.15) is 45.2 Å². The first-order chi connectivity index (χ1) is 12.3. The predicted octanol–water partition coefficient (Wildman–Crippen LogP) is 6.36. The topological polar surface area (TPSA) is 30.5 Å². The van der Waals surface area contributed by atoms with Crippen molar-refractivity contribution in [1.82, 2.24) is 5.32 Å². The molecule has 0 saturated carbocycles. The molecule has 142 valence electrons. The van der Waals surface area contributed by atoms with Crippen LogP contribution in [-0.2, 0) is 13.2 Å². The van der Waals surface area contributed by atoms with Crippen molar-refractivity contribution in [3.63, 3.8) is 0 Å². The van der Waals surface area contributed by atoms with Crippen LogP contribution < -0.4 is 14.8 Å². The minimum Gasteiger partial charge on any atom is -0.490 e. The molecule has 0 amide bonds. The molecule has 5 heteroatoms. The van der Waals surface area contributed by atoms with E-state index < -0.39 is 0 Å². The highest BCUT2D eigenvalue weighted by molar-refractivity contribution is 9.10. The van der Waals surface area contributed by atoms with Crippen molar-refractivity contribution in [3.8, 4) is 11.5 Å². The molecule has 3 nitrogen and oxygen atoms in total. The van der Waals surface area contributed by atoms with Gasteiger partial charge in [-0.2, -0.15) is 0 Å². The highest BCUT2D eigenvalue weighted by atomic mass is 79.9. The summed E-state index contributed by atoms with van der Waals surface area (Å²) in [4.78, 5) is 0. The molecule has 26 heavy (non-hydrogen) atoms. The molecule has 0 aliphatic carbocycles. The van der Waals surface area contributed by atoms with E-state index in [0.29, 0.717) is 13.2 Å². The van der Waals surface area contributed by atoms with Gasteiger partial charge in [-0.3, -0.25) is 0 Å². The molecule has 0 bridgehead atoms. The van der Waals surface area contributed by atoms with Crippen LogP contribution >= 0.6 is 27.5 Å². The predicted molar refractivity (Wildman–Crippen MR) is 112 cm³/mol. The number of hydrogen-bond donors (Lipinski definition) is 1. The van der Waals surface area contributed by atoms with Crippen LogP contribution in [0.25, 0.3) is 0 Å². The summed E-state index contributed by atoms with van der Waals surface area (Å²) in [6, 6.07) is 11.7. The van der Waals surface area contributed by atoms with Crippen LogP contribution in [0.15, 0.2) is 40.9 Å².